The van der Waals surface area contributed by atoms with E-state index in [4.69, 9.17) is 4.74 Å². The predicted octanol–water partition coefficient (Wildman–Crippen LogP) is 3.71. The van der Waals surface area contributed by atoms with Crippen LogP contribution in [0.5, 0.6) is 5.75 Å². The van der Waals surface area contributed by atoms with Gasteiger partial charge in [-0.2, -0.15) is 0 Å². The monoisotopic (exact) mass is 339 g/mol. The summed E-state index contributed by atoms with van der Waals surface area (Å²) in [5, 5.41) is 0.621. The van der Waals surface area contributed by atoms with Gasteiger partial charge in [-0.1, -0.05) is 18.2 Å². The molecule has 0 spiro atoms. The van der Waals surface area contributed by atoms with Gasteiger partial charge in [0.05, 0.1) is 12.0 Å². The molecule has 1 aliphatic heterocycles. The highest BCUT2D eigenvalue weighted by atomic mass is 32.2. The molecule has 5 nitrogen and oxygen atoms in total. The highest BCUT2D eigenvalue weighted by Crippen LogP contribution is 2.37. The number of nitrogens with zero attached hydrogens (tertiary/aromatic N) is 3. The first-order valence-corrected chi connectivity index (χ1v) is 8.22. The lowest BCUT2D eigenvalue weighted by atomic mass is 10.1. The van der Waals surface area contributed by atoms with Crippen molar-refractivity contribution < 1.29 is 9.53 Å². The molecule has 0 bridgehead atoms. The third-order valence-electron chi connectivity index (χ3n) is 3.68. The average molecular weight is 339 g/mol. The molecule has 2 heterocycles. The number of aromatic nitrogens is 1. The Bertz CT molecular complexity index is 831. The van der Waals surface area contributed by atoms with Crippen molar-refractivity contribution in [3.05, 3.63) is 59.1 Å². The van der Waals surface area contributed by atoms with E-state index in [9.17, 15) is 4.79 Å². The summed E-state index contributed by atoms with van der Waals surface area (Å²) in [5.41, 5.74) is 1.86. The molecule has 1 amide bonds. The number of carbonyl (C=O) groups excluding carboxylic acids is 1. The molecule has 122 valence electrons. The van der Waals surface area contributed by atoms with Crippen LogP contribution in [0.4, 0.5) is 5.82 Å². The van der Waals surface area contributed by atoms with Crippen LogP contribution in [0.15, 0.2) is 58.6 Å². The van der Waals surface area contributed by atoms with Crippen molar-refractivity contribution in [2.24, 2.45) is 4.99 Å². The molecule has 0 atom stereocenters. The molecule has 1 aromatic carbocycles. The molecule has 1 fully saturated rings. The Labute approximate surface area is 145 Å². The number of aliphatic imine (C=N–C) groups is 1. The molecule has 0 N–H and O–H groups in total. The number of pyridine rings is 1. The van der Waals surface area contributed by atoms with Crippen LogP contribution < -0.4 is 4.74 Å². The smallest absolute Gasteiger partial charge is 0.266 e. The van der Waals surface area contributed by atoms with Gasteiger partial charge in [-0.05, 0) is 54.1 Å². The Balaban J connectivity index is 1.97. The topological polar surface area (TPSA) is 54.8 Å². The van der Waals surface area contributed by atoms with E-state index >= 15 is 0 Å². The van der Waals surface area contributed by atoms with E-state index in [2.05, 4.69) is 9.98 Å². The van der Waals surface area contributed by atoms with Gasteiger partial charge in [-0.3, -0.25) is 9.69 Å². The number of benzene rings is 1. The fourth-order valence-electron chi connectivity index (χ4n) is 2.28. The van der Waals surface area contributed by atoms with Crippen molar-refractivity contribution >= 4 is 34.2 Å². The number of amides is 1. The first-order chi connectivity index (χ1) is 11.6. The second-order valence-corrected chi connectivity index (χ2v) is 6.21. The summed E-state index contributed by atoms with van der Waals surface area (Å²) in [6, 6.07) is 13.2. The lowest BCUT2D eigenvalue weighted by molar-refractivity contribution is -0.121. The number of ether oxygens (including phenoxy) is 1. The summed E-state index contributed by atoms with van der Waals surface area (Å²) in [5.74, 6) is 1.29. The van der Waals surface area contributed by atoms with Gasteiger partial charge in [-0.25, -0.2) is 9.98 Å². The second-order valence-electron chi connectivity index (χ2n) is 5.23. The number of carbonyl (C=O) groups is 1. The zero-order valence-electron chi connectivity index (χ0n) is 13.7. The quantitative estimate of drug-likeness (QED) is 0.800. The van der Waals surface area contributed by atoms with Crippen molar-refractivity contribution in [2.75, 3.05) is 14.2 Å². The predicted molar refractivity (Wildman–Crippen MR) is 97.3 cm³/mol. The number of allylic oxidation sites excluding steroid dienone is 1. The maximum absolute atomic E-state index is 12.6. The SMILES string of the molecule is COc1cccc(/C(C)=C2\S/C(=N/c3ccccn3)N(C)C2=O)c1. The zero-order chi connectivity index (χ0) is 17.1. The normalized spacial score (nSPS) is 18.2. The summed E-state index contributed by atoms with van der Waals surface area (Å²) in [6.45, 7) is 1.94. The molecule has 1 aliphatic rings. The molecule has 0 radical (unpaired) electrons. The highest BCUT2D eigenvalue weighted by Gasteiger charge is 2.32. The maximum atomic E-state index is 12.6. The van der Waals surface area contributed by atoms with Gasteiger partial charge in [0.25, 0.3) is 5.91 Å². The zero-order valence-corrected chi connectivity index (χ0v) is 14.5. The third kappa shape index (κ3) is 3.19. The van der Waals surface area contributed by atoms with Gasteiger partial charge in [0.2, 0.25) is 0 Å². The van der Waals surface area contributed by atoms with Crippen molar-refractivity contribution in [1.82, 2.24) is 9.88 Å². The van der Waals surface area contributed by atoms with E-state index in [0.29, 0.717) is 15.9 Å². The van der Waals surface area contributed by atoms with Crippen molar-refractivity contribution in [2.45, 2.75) is 6.92 Å². The van der Waals surface area contributed by atoms with E-state index in [-0.39, 0.29) is 5.91 Å². The summed E-state index contributed by atoms with van der Waals surface area (Å²) in [7, 11) is 3.35. The van der Waals surface area contributed by atoms with Gasteiger partial charge < -0.3 is 4.74 Å². The van der Waals surface area contributed by atoms with Crippen LogP contribution >= 0.6 is 11.8 Å². The molecule has 1 aromatic heterocycles. The average Bonchev–Trinajstić information content (AvgIpc) is 2.90. The van der Waals surface area contributed by atoms with Crippen molar-refractivity contribution in [3.63, 3.8) is 0 Å². The first kappa shape index (κ1) is 16.3. The van der Waals surface area contributed by atoms with Crippen molar-refractivity contribution in [3.8, 4) is 5.75 Å². The van der Waals surface area contributed by atoms with Gasteiger partial charge in [0, 0.05) is 13.2 Å². The molecule has 6 heteroatoms. The van der Waals surface area contributed by atoms with Gasteiger partial charge >= 0.3 is 0 Å². The van der Waals surface area contributed by atoms with Crippen LogP contribution in [0.2, 0.25) is 0 Å². The van der Waals surface area contributed by atoms with Crippen molar-refractivity contribution in [1.29, 1.82) is 0 Å². The first-order valence-electron chi connectivity index (χ1n) is 7.41. The minimum absolute atomic E-state index is 0.0602. The lowest BCUT2D eigenvalue weighted by Crippen LogP contribution is -2.24. The lowest BCUT2D eigenvalue weighted by Gasteiger charge is -2.08. The van der Waals surface area contributed by atoms with Crippen LogP contribution in [0, 0.1) is 0 Å². The Morgan fingerprint density at radius 3 is 2.79 bits per heavy atom. The minimum atomic E-state index is -0.0602. The standard InChI is InChI=1S/C18H17N3O2S/c1-12(13-7-6-8-14(11-13)23-3)16-17(22)21(2)18(24-16)20-15-9-4-5-10-19-15/h4-11H,1-3H3/b16-12-,20-18+. The van der Waals surface area contributed by atoms with Crippen LogP contribution in [0.3, 0.4) is 0 Å². The molecule has 2 aromatic rings. The molecule has 0 aliphatic carbocycles. The van der Waals surface area contributed by atoms with E-state index in [0.717, 1.165) is 16.9 Å². The number of rotatable bonds is 3. The van der Waals surface area contributed by atoms with Gasteiger partial charge in [0.1, 0.15) is 5.75 Å². The fraction of sp³-hybridized carbons (Fsp3) is 0.167. The molecular formula is C18H17N3O2S. The number of methoxy groups -OCH3 is 1. The third-order valence-corrected chi connectivity index (χ3v) is 4.91. The number of hydrogen-bond acceptors (Lipinski definition) is 5. The number of amidine groups is 1. The van der Waals surface area contributed by atoms with Crippen LogP contribution in [0.25, 0.3) is 5.57 Å². The minimum Gasteiger partial charge on any atom is -0.497 e. The van der Waals surface area contributed by atoms with E-state index in [1.807, 2.05) is 49.4 Å². The Hall–Kier alpha value is -2.60. The van der Waals surface area contributed by atoms with E-state index in [1.165, 1.54) is 11.8 Å². The number of hydrogen-bond donors (Lipinski definition) is 0. The molecule has 3 rings (SSSR count). The molecule has 0 unspecified atom stereocenters. The summed E-state index contributed by atoms with van der Waals surface area (Å²) in [4.78, 5) is 23.5. The number of likely N-dealkylation sites (N-methyl/N-ethyl adjacent to an activating group) is 1. The molecule has 1 saturated heterocycles. The van der Waals surface area contributed by atoms with Crippen LogP contribution in [-0.2, 0) is 4.79 Å². The van der Waals surface area contributed by atoms with E-state index < -0.39 is 0 Å². The molecule has 24 heavy (non-hydrogen) atoms. The number of thioether (sulfide) groups is 1. The Morgan fingerprint density at radius 1 is 1.25 bits per heavy atom. The fourth-order valence-corrected chi connectivity index (χ4v) is 3.32. The summed E-state index contributed by atoms with van der Waals surface area (Å²) in [6.07, 6.45) is 1.68. The molecule has 0 saturated carbocycles. The summed E-state index contributed by atoms with van der Waals surface area (Å²) < 4.78 is 5.26. The Morgan fingerprint density at radius 2 is 2.08 bits per heavy atom. The van der Waals surface area contributed by atoms with Crippen LogP contribution in [0.1, 0.15) is 12.5 Å². The Kier molecular flexibility index (Phi) is 4.66. The van der Waals surface area contributed by atoms with Crippen LogP contribution in [-0.4, -0.2) is 35.1 Å². The van der Waals surface area contributed by atoms with Gasteiger partial charge in [-0.15, -0.1) is 0 Å². The second kappa shape index (κ2) is 6.88. The highest BCUT2D eigenvalue weighted by molar-refractivity contribution is 8.18. The summed E-state index contributed by atoms with van der Waals surface area (Å²) >= 11 is 1.36. The maximum Gasteiger partial charge on any atom is 0.266 e. The van der Waals surface area contributed by atoms with E-state index in [1.54, 1.807) is 25.3 Å². The largest absolute Gasteiger partial charge is 0.497 e. The van der Waals surface area contributed by atoms with Gasteiger partial charge in [0.15, 0.2) is 11.0 Å². The molecular weight excluding hydrogens is 322 g/mol.